The molecule has 1 amide bonds. The van der Waals surface area contributed by atoms with Crippen molar-refractivity contribution in [2.45, 2.75) is 32.7 Å². The molecule has 1 unspecified atom stereocenters. The van der Waals surface area contributed by atoms with Crippen LogP contribution in [-0.4, -0.2) is 32.7 Å². The standard InChI is InChI=1S/C17H23N5O3/c1-12(2)10-17(3,11-18)19-16(23)13-8-9-21(20-13)14-6-4-5-7-15(14)22(24)25/h4-9,12H,10-11,18H2,1-3H3,(H,19,23). The molecule has 2 rings (SSSR count). The van der Waals surface area contributed by atoms with Gasteiger partial charge < -0.3 is 11.1 Å². The number of nitrogens with zero attached hydrogens (tertiary/aromatic N) is 3. The molecule has 0 bridgehead atoms. The van der Waals surface area contributed by atoms with Crippen LogP contribution in [0, 0.1) is 16.0 Å². The normalized spacial score (nSPS) is 13.5. The molecule has 0 aliphatic rings. The zero-order chi connectivity index (χ0) is 18.6. The Kier molecular flexibility index (Phi) is 5.53. The van der Waals surface area contributed by atoms with Crippen LogP contribution in [-0.2, 0) is 0 Å². The maximum Gasteiger partial charge on any atom is 0.294 e. The smallest absolute Gasteiger partial charge is 0.294 e. The van der Waals surface area contributed by atoms with Gasteiger partial charge in [0.1, 0.15) is 5.69 Å². The highest BCUT2D eigenvalue weighted by molar-refractivity contribution is 5.92. The van der Waals surface area contributed by atoms with Gasteiger partial charge in [-0.3, -0.25) is 14.9 Å². The van der Waals surface area contributed by atoms with Gasteiger partial charge in [0.15, 0.2) is 5.69 Å². The summed E-state index contributed by atoms with van der Waals surface area (Å²) in [6, 6.07) is 7.76. The zero-order valence-electron chi connectivity index (χ0n) is 14.6. The fourth-order valence-corrected chi connectivity index (χ4v) is 2.82. The van der Waals surface area contributed by atoms with Gasteiger partial charge in [0.2, 0.25) is 0 Å². The fourth-order valence-electron chi connectivity index (χ4n) is 2.82. The zero-order valence-corrected chi connectivity index (χ0v) is 14.6. The summed E-state index contributed by atoms with van der Waals surface area (Å²) in [5, 5.41) is 18.2. The maximum absolute atomic E-state index is 12.5. The van der Waals surface area contributed by atoms with E-state index < -0.39 is 10.5 Å². The van der Waals surface area contributed by atoms with Crippen molar-refractivity contribution in [3.63, 3.8) is 0 Å². The number of hydrogen-bond acceptors (Lipinski definition) is 5. The monoisotopic (exact) mass is 345 g/mol. The quantitative estimate of drug-likeness (QED) is 0.590. The summed E-state index contributed by atoms with van der Waals surface area (Å²) < 4.78 is 1.33. The number of rotatable bonds is 7. The summed E-state index contributed by atoms with van der Waals surface area (Å²) in [7, 11) is 0. The molecular weight excluding hydrogens is 322 g/mol. The summed E-state index contributed by atoms with van der Waals surface area (Å²) >= 11 is 0. The molecule has 3 N–H and O–H groups in total. The minimum absolute atomic E-state index is 0.0795. The number of para-hydroxylation sites is 2. The first kappa shape index (κ1) is 18.6. The molecule has 0 radical (unpaired) electrons. The van der Waals surface area contributed by atoms with E-state index in [9.17, 15) is 14.9 Å². The van der Waals surface area contributed by atoms with Gasteiger partial charge in [-0.1, -0.05) is 26.0 Å². The molecule has 0 spiro atoms. The van der Waals surface area contributed by atoms with Crippen molar-refractivity contribution < 1.29 is 9.72 Å². The number of benzene rings is 1. The Hall–Kier alpha value is -2.74. The lowest BCUT2D eigenvalue weighted by molar-refractivity contribution is -0.384. The van der Waals surface area contributed by atoms with Crippen molar-refractivity contribution in [2.24, 2.45) is 11.7 Å². The van der Waals surface area contributed by atoms with E-state index >= 15 is 0 Å². The SMILES string of the molecule is CC(C)CC(C)(CN)NC(=O)c1ccn(-c2ccccc2[N+](=O)[O-])n1. The average Bonchev–Trinajstić information content (AvgIpc) is 3.04. The van der Waals surface area contributed by atoms with Crippen LogP contribution in [0.1, 0.15) is 37.7 Å². The molecule has 0 fully saturated rings. The number of nitro benzene ring substituents is 1. The van der Waals surface area contributed by atoms with Crippen LogP contribution in [0.3, 0.4) is 0 Å². The van der Waals surface area contributed by atoms with Gasteiger partial charge in [-0.15, -0.1) is 0 Å². The van der Waals surface area contributed by atoms with Crippen LogP contribution in [0.2, 0.25) is 0 Å². The van der Waals surface area contributed by atoms with E-state index in [1.54, 1.807) is 18.2 Å². The second-order valence-corrected chi connectivity index (χ2v) is 6.71. The highest BCUT2D eigenvalue weighted by atomic mass is 16.6. The molecule has 8 heteroatoms. The lowest BCUT2D eigenvalue weighted by Gasteiger charge is -2.30. The van der Waals surface area contributed by atoms with Gasteiger partial charge >= 0.3 is 0 Å². The molecule has 0 saturated heterocycles. The second-order valence-electron chi connectivity index (χ2n) is 6.71. The number of aromatic nitrogens is 2. The predicted octanol–water partition coefficient (Wildman–Crippen LogP) is 2.27. The summed E-state index contributed by atoms with van der Waals surface area (Å²) in [4.78, 5) is 23.1. The number of carbonyl (C=O) groups is 1. The van der Waals surface area contributed by atoms with Crippen molar-refractivity contribution in [1.82, 2.24) is 15.1 Å². The fraction of sp³-hybridized carbons (Fsp3) is 0.412. The highest BCUT2D eigenvalue weighted by Crippen LogP contribution is 2.22. The van der Waals surface area contributed by atoms with Gasteiger partial charge in [0.25, 0.3) is 11.6 Å². The Morgan fingerprint density at radius 2 is 2.08 bits per heavy atom. The summed E-state index contributed by atoms with van der Waals surface area (Å²) in [5.74, 6) is 0.0179. The molecule has 8 nitrogen and oxygen atoms in total. The molecule has 1 aromatic carbocycles. The molecule has 2 aromatic rings. The van der Waals surface area contributed by atoms with E-state index in [-0.39, 0.29) is 17.3 Å². The molecule has 0 saturated carbocycles. The van der Waals surface area contributed by atoms with Gasteiger partial charge in [-0.05, 0) is 31.4 Å². The Morgan fingerprint density at radius 1 is 1.40 bits per heavy atom. The molecule has 0 aliphatic carbocycles. The van der Waals surface area contributed by atoms with Crippen molar-refractivity contribution in [3.8, 4) is 5.69 Å². The molecular formula is C17H23N5O3. The minimum atomic E-state index is -0.534. The summed E-state index contributed by atoms with van der Waals surface area (Å²) in [5.41, 5.74) is 5.69. The lowest BCUT2D eigenvalue weighted by atomic mass is 9.90. The molecule has 1 aromatic heterocycles. The van der Waals surface area contributed by atoms with E-state index in [2.05, 4.69) is 24.3 Å². The van der Waals surface area contributed by atoms with Gasteiger partial charge in [-0.2, -0.15) is 5.10 Å². The van der Waals surface area contributed by atoms with Gasteiger partial charge in [0.05, 0.1) is 10.5 Å². The van der Waals surface area contributed by atoms with Gasteiger partial charge in [0, 0.05) is 18.8 Å². The van der Waals surface area contributed by atoms with Crippen molar-refractivity contribution in [2.75, 3.05) is 6.54 Å². The number of carbonyl (C=O) groups excluding carboxylic acids is 1. The number of nitro groups is 1. The largest absolute Gasteiger partial charge is 0.344 e. The third kappa shape index (κ3) is 4.42. The first-order chi connectivity index (χ1) is 11.8. The molecule has 1 atom stereocenters. The first-order valence-electron chi connectivity index (χ1n) is 8.08. The second kappa shape index (κ2) is 7.43. The van der Waals surface area contributed by atoms with Crippen molar-refractivity contribution in [3.05, 3.63) is 52.3 Å². The third-order valence-corrected chi connectivity index (χ3v) is 3.87. The Bertz CT molecular complexity index is 771. The van der Waals surface area contributed by atoms with E-state index in [4.69, 9.17) is 5.73 Å². The van der Waals surface area contributed by atoms with Crippen LogP contribution in [0.15, 0.2) is 36.5 Å². The molecule has 1 heterocycles. The van der Waals surface area contributed by atoms with Crippen LogP contribution in [0.25, 0.3) is 5.69 Å². The number of nitrogens with two attached hydrogens (primary N) is 1. The van der Waals surface area contributed by atoms with Gasteiger partial charge in [-0.25, -0.2) is 4.68 Å². The molecule has 25 heavy (non-hydrogen) atoms. The molecule has 0 aliphatic heterocycles. The van der Waals surface area contributed by atoms with Crippen LogP contribution >= 0.6 is 0 Å². The van der Waals surface area contributed by atoms with Crippen LogP contribution in [0.4, 0.5) is 5.69 Å². The topological polar surface area (TPSA) is 116 Å². The summed E-state index contributed by atoms with van der Waals surface area (Å²) in [6.45, 7) is 6.32. The van der Waals surface area contributed by atoms with Crippen molar-refractivity contribution in [1.29, 1.82) is 0 Å². The maximum atomic E-state index is 12.5. The number of hydrogen-bond donors (Lipinski definition) is 2. The molecule has 134 valence electrons. The van der Waals surface area contributed by atoms with Crippen LogP contribution < -0.4 is 11.1 Å². The van der Waals surface area contributed by atoms with E-state index in [1.165, 1.54) is 23.0 Å². The Morgan fingerprint density at radius 3 is 2.68 bits per heavy atom. The Labute approximate surface area is 146 Å². The predicted molar refractivity (Wildman–Crippen MR) is 94.6 cm³/mol. The van der Waals surface area contributed by atoms with Crippen LogP contribution in [0.5, 0.6) is 0 Å². The number of amides is 1. The Balaban J connectivity index is 2.24. The summed E-state index contributed by atoms with van der Waals surface area (Å²) in [6.07, 6.45) is 2.26. The van der Waals surface area contributed by atoms with E-state index in [0.717, 1.165) is 6.42 Å². The van der Waals surface area contributed by atoms with E-state index in [1.807, 2.05) is 6.92 Å². The number of nitrogens with one attached hydrogen (secondary N) is 1. The first-order valence-corrected chi connectivity index (χ1v) is 8.08. The lowest BCUT2D eigenvalue weighted by Crippen LogP contribution is -2.52. The van der Waals surface area contributed by atoms with E-state index in [0.29, 0.717) is 18.2 Å². The minimum Gasteiger partial charge on any atom is -0.344 e. The average molecular weight is 345 g/mol. The highest BCUT2D eigenvalue weighted by Gasteiger charge is 2.27. The third-order valence-electron chi connectivity index (χ3n) is 3.87. The van der Waals surface area contributed by atoms with Crippen molar-refractivity contribution >= 4 is 11.6 Å².